The Balaban J connectivity index is 5.26. The highest BCUT2D eigenvalue weighted by atomic mass is 16.5. The molecule has 0 radical (unpaired) electrons. The van der Waals surface area contributed by atoms with Crippen LogP contribution in [0.2, 0.25) is 0 Å². The van der Waals surface area contributed by atoms with Crippen LogP contribution >= 0.6 is 0 Å². The molecule has 0 aromatic heterocycles. The Morgan fingerprint density at radius 1 is 0.684 bits per heavy atom. The molecule has 0 fully saturated rings. The molecule has 0 rings (SSSR count). The van der Waals surface area contributed by atoms with Gasteiger partial charge in [-0.25, -0.2) is 0 Å². The zero-order valence-electron chi connectivity index (χ0n) is 13.2. The van der Waals surface area contributed by atoms with E-state index in [-0.39, 0.29) is 0 Å². The van der Waals surface area contributed by atoms with E-state index < -0.39 is 0 Å². The molecule has 112 valence electrons. The zero-order valence-corrected chi connectivity index (χ0v) is 13.2. The Kier molecular flexibility index (Phi) is 10.6. The highest BCUT2D eigenvalue weighted by Gasteiger charge is 2.11. The van der Waals surface area contributed by atoms with E-state index >= 15 is 0 Å². The van der Waals surface area contributed by atoms with Crippen LogP contribution in [0, 0.1) is 0 Å². The molecule has 4 N–H and O–H groups in total. The van der Waals surface area contributed by atoms with Gasteiger partial charge in [-0.2, -0.15) is 0 Å². The normalized spacial score (nSPS) is 10.2. The van der Waals surface area contributed by atoms with Gasteiger partial charge >= 0.3 is 0 Å². The Labute approximate surface area is 119 Å². The molecule has 0 aliphatic carbocycles. The summed E-state index contributed by atoms with van der Waals surface area (Å²) in [4.78, 5) is 0. The number of ether oxygens (including phenoxy) is 1. The van der Waals surface area contributed by atoms with Crippen LogP contribution in [0.1, 0.15) is 66.2 Å². The monoisotopic (exact) mass is 268 g/mol. The number of allylic oxidation sites excluding steroid dienone is 2. The van der Waals surface area contributed by atoms with Crippen LogP contribution in [0.5, 0.6) is 0 Å². The quantitative estimate of drug-likeness (QED) is 0.592. The summed E-state index contributed by atoms with van der Waals surface area (Å²) in [6.07, 6.45) is 5.72. The zero-order chi connectivity index (χ0) is 14.7. The Morgan fingerprint density at radius 3 is 1.21 bits per heavy atom. The molecule has 0 spiro atoms. The van der Waals surface area contributed by atoms with Crippen LogP contribution in [-0.2, 0) is 4.74 Å². The summed E-state index contributed by atoms with van der Waals surface area (Å²) in [5.41, 5.74) is 14.2. The second-order valence-electron chi connectivity index (χ2n) is 4.65. The van der Waals surface area contributed by atoms with E-state index in [1.807, 2.05) is 0 Å². The third kappa shape index (κ3) is 6.26. The lowest BCUT2D eigenvalue weighted by molar-refractivity contribution is 0.265. The van der Waals surface area contributed by atoms with Crippen molar-refractivity contribution < 1.29 is 4.74 Å². The van der Waals surface area contributed by atoms with Crippen LogP contribution in [0.3, 0.4) is 0 Å². The molecule has 0 aromatic rings. The summed E-state index contributed by atoms with van der Waals surface area (Å²) in [7, 11) is 0. The van der Waals surface area contributed by atoms with E-state index in [2.05, 4.69) is 27.7 Å². The van der Waals surface area contributed by atoms with Gasteiger partial charge in [-0.3, -0.25) is 0 Å². The van der Waals surface area contributed by atoms with Crippen molar-refractivity contribution in [3.05, 3.63) is 22.7 Å². The average molecular weight is 268 g/mol. The predicted molar refractivity (Wildman–Crippen MR) is 83.6 cm³/mol. The van der Waals surface area contributed by atoms with Crippen molar-refractivity contribution in [1.29, 1.82) is 0 Å². The van der Waals surface area contributed by atoms with Gasteiger partial charge in [-0.15, -0.1) is 0 Å². The van der Waals surface area contributed by atoms with Crippen molar-refractivity contribution >= 4 is 0 Å². The van der Waals surface area contributed by atoms with E-state index in [0.29, 0.717) is 13.1 Å². The summed E-state index contributed by atoms with van der Waals surface area (Å²) in [5, 5.41) is 0. The van der Waals surface area contributed by atoms with Crippen molar-refractivity contribution in [2.24, 2.45) is 11.5 Å². The maximum Gasteiger partial charge on any atom is 0.104 e. The molecule has 0 saturated heterocycles. The minimum Gasteiger partial charge on any atom is -0.466 e. The van der Waals surface area contributed by atoms with Gasteiger partial charge in [-0.1, -0.05) is 27.7 Å². The van der Waals surface area contributed by atoms with E-state index in [1.54, 1.807) is 0 Å². The second-order valence-corrected chi connectivity index (χ2v) is 4.65. The summed E-state index contributed by atoms with van der Waals surface area (Å²) in [5.74, 6) is 2.13. The maximum atomic E-state index is 6.22. The van der Waals surface area contributed by atoms with E-state index in [9.17, 15) is 0 Å². The molecule has 0 aliphatic heterocycles. The first kappa shape index (κ1) is 18.2. The number of hydrogen-bond donors (Lipinski definition) is 2. The average Bonchev–Trinajstić information content (AvgIpc) is 2.41. The van der Waals surface area contributed by atoms with E-state index in [1.165, 1.54) is 11.1 Å². The Hall–Kier alpha value is -0.800. The van der Waals surface area contributed by atoms with Gasteiger partial charge in [0.1, 0.15) is 11.5 Å². The van der Waals surface area contributed by atoms with Gasteiger partial charge in [0, 0.05) is 12.8 Å². The third-order valence-corrected chi connectivity index (χ3v) is 3.48. The fourth-order valence-electron chi connectivity index (χ4n) is 2.30. The Morgan fingerprint density at radius 2 is 1.00 bits per heavy atom. The lowest BCUT2D eigenvalue weighted by Crippen LogP contribution is -2.10. The third-order valence-electron chi connectivity index (χ3n) is 3.48. The SMILES string of the molecule is CCC(CC)=C(CCN)OC(CCN)=C(CC)CC. The maximum absolute atomic E-state index is 6.22. The minimum absolute atomic E-state index is 0.627. The van der Waals surface area contributed by atoms with Crippen molar-refractivity contribution in [2.45, 2.75) is 66.2 Å². The molecule has 0 heterocycles. The first-order chi connectivity index (χ1) is 9.18. The Bertz CT molecular complexity index is 264. The van der Waals surface area contributed by atoms with Crippen molar-refractivity contribution in [2.75, 3.05) is 13.1 Å². The van der Waals surface area contributed by atoms with Crippen LogP contribution in [0.25, 0.3) is 0 Å². The highest BCUT2D eigenvalue weighted by Crippen LogP contribution is 2.25. The van der Waals surface area contributed by atoms with Crippen LogP contribution in [0.15, 0.2) is 22.7 Å². The van der Waals surface area contributed by atoms with Crippen molar-refractivity contribution in [3.8, 4) is 0 Å². The molecule has 3 heteroatoms. The summed E-state index contributed by atoms with van der Waals surface area (Å²) >= 11 is 0. The van der Waals surface area contributed by atoms with Crippen LogP contribution < -0.4 is 11.5 Å². The van der Waals surface area contributed by atoms with Crippen molar-refractivity contribution in [1.82, 2.24) is 0 Å². The fraction of sp³-hybridized carbons (Fsp3) is 0.750. The lowest BCUT2D eigenvalue weighted by Gasteiger charge is -2.19. The molecular formula is C16H32N2O. The van der Waals surface area contributed by atoms with E-state index in [4.69, 9.17) is 16.2 Å². The summed E-state index contributed by atoms with van der Waals surface area (Å²) in [6.45, 7) is 9.94. The largest absolute Gasteiger partial charge is 0.466 e. The standard InChI is InChI=1S/C16H32N2O/c1-5-13(6-2)15(9-11-17)19-16(10-12-18)14(7-3)8-4/h5-12,17-18H2,1-4H3. The van der Waals surface area contributed by atoms with Crippen molar-refractivity contribution in [3.63, 3.8) is 0 Å². The van der Waals surface area contributed by atoms with Crippen LogP contribution in [-0.4, -0.2) is 13.1 Å². The van der Waals surface area contributed by atoms with Gasteiger partial charge in [0.2, 0.25) is 0 Å². The van der Waals surface area contributed by atoms with Gasteiger partial charge in [0.05, 0.1) is 0 Å². The molecule has 0 atom stereocenters. The highest BCUT2D eigenvalue weighted by molar-refractivity contribution is 5.15. The fourth-order valence-corrected chi connectivity index (χ4v) is 2.30. The van der Waals surface area contributed by atoms with E-state index in [0.717, 1.165) is 50.0 Å². The molecule has 0 aromatic carbocycles. The number of hydrogen-bond acceptors (Lipinski definition) is 3. The first-order valence-corrected chi connectivity index (χ1v) is 7.67. The molecular weight excluding hydrogens is 236 g/mol. The number of nitrogens with two attached hydrogens (primary N) is 2. The molecule has 0 aliphatic rings. The van der Waals surface area contributed by atoms with Gasteiger partial charge in [0.25, 0.3) is 0 Å². The number of rotatable bonds is 10. The molecule has 0 saturated carbocycles. The first-order valence-electron chi connectivity index (χ1n) is 7.67. The van der Waals surface area contributed by atoms with Gasteiger partial charge in [-0.05, 0) is 49.9 Å². The molecule has 0 unspecified atom stereocenters. The second kappa shape index (κ2) is 11.1. The topological polar surface area (TPSA) is 61.3 Å². The lowest BCUT2D eigenvalue weighted by atomic mass is 10.1. The molecule has 3 nitrogen and oxygen atoms in total. The predicted octanol–water partition coefficient (Wildman–Crippen LogP) is 3.85. The summed E-state index contributed by atoms with van der Waals surface area (Å²) < 4.78 is 6.22. The molecule has 0 bridgehead atoms. The van der Waals surface area contributed by atoms with Gasteiger partial charge < -0.3 is 16.2 Å². The summed E-state index contributed by atoms with van der Waals surface area (Å²) in [6, 6.07) is 0. The van der Waals surface area contributed by atoms with Gasteiger partial charge in [0.15, 0.2) is 0 Å². The smallest absolute Gasteiger partial charge is 0.104 e. The molecule has 19 heavy (non-hydrogen) atoms. The molecule has 0 amide bonds. The van der Waals surface area contributed by atoms with Crippen LogP contribution in [0.4, 0.5) is 0 Å². The minimum atomic E-state index is 0.627.